The van der Waals surface area contributed by atoms with Crippen LogP contribution in [0.5, 0.6) is 0 Å². The van der Waals surface area contributed by atoms with Crippen LogP contribution < -0.4 is 0 Å². The van der Waals surface area contributed by atoms with E-state index < -0.39 is 0 Å². The normalized spacial score (nSPS) is 23.8. The molecule has 92 valence electrons. The third-order valence-electron chi connectivity index (χ3n) is 2.57. The minimum atomic E-state index is -0.0000350. The standard InChI is InChI=1S/C13H17O2.Pd/c1-2-14-13-9-12(10-15-13)8-11-6-4-3-5-7-11;/h3-8,12-13H,2,9-10H2,1H3;/q-1;. The molecule has 1 fully saturated rings. The van der Waals surface area contributed by atoms with Gasteiger partial charge in [0.25, 0.3) is 0 Å². The van der Waals surface area contributed by atoms with Crippen molar-refractivity contribution in [1.82, 2.24) is 0 Å². The van der Waals surface area contributed by atoms with Gasteiger partial charge in [-0.2, -0.15) is 24.1 Å². The quantitative estimate of drug-likeness (QED) is 0.629. The summed E-state index contributed by atoms with van der Waals surface area (Å²) in [5, 5.41) is 0. The molecule has 0 amide bonds. The van der Waals surface area contributed by atoms with Gasteiger partial charge in [0.15, 0.2) is 6.29 Å². The second-order valence-corrected chi connectivity index (χ2v) is 3.79. The van der Waals surface area contributed by atoms with Crippen LogP contribution in [0.15, 0.2) is 30.3 Å². The Morgan fingerprint density at radius 1 is 1.38 bits per heavy atom. The zero-order valence-electron chi connectivity index (χ0n) is 9.37. The van der Waals surface area contributed by atoms with Gasteiger partial charge in [-0.25, -0.2) is 0 Å². The Morgan fingerprint density at radius 3 is 2.81 bits per heavy atom. The first kappa shape index (κ1) is 13.7. The van der Waals surface area contributed by atoms with Crippen molar-refractivity contribution in [3.63, 3.8) is 0 Å². The first-order chi connectivity index (χ1) is 7.38. The maximum absolute atomic E-state index is 5.52. The number of hydrogen-bond donors (Lipinski definition) is 0. The van der Waals surface area contributed by atoms with Crippen LogP contribution in [0, 0.1) is 12.3 Å². The van der Waals surface area contributed by atoms with E-state index in [9.17, 15) is 0 Å². The van der Waals surface area contributed by atoms with E-state index in [4.69, 9.17) is 9.47 Å². The van der Waals surface area contributed by atoms with Crippen molar-refractivity contribution in [2.75, 3.05) is 13.2 Å². The average Bonchev–Trinajstić information content (AvgIpc) is 2.68. The van der Waals surface area contributed by atoms with E-state index in [1.54, 1.807) is 0 Å². The summed E-state index contributed by atoms with van der Waals surface area (Å²) in [6.07, 6.45) is 3.24. The Bertz CT molecular complexity index is 289. The monoisotopic (exact) mass is 311 g/mol. The van der Waals surface area contributed by atoms with E-state index in [2.05, 4.69) is 30.7 Å². The fourth-order valence-electron chi connectivity index (χ4n) is 1.87. The van der Waals surface area contributed by atoms with Gasteiger partial charge in [0.2, 0.25) is 0 Å². The van der Waals surface area contributed by atoms with Crippen LogP contribution >= 0.6 is 0 Å². The van der Waals surface area contributed by atoms with Gasteiger partial charge in [-0.15, -0.1) is 12.1 Å². The van der Waals surface area contributed by atoms with Crippen LogP contribution in [0.4, 0.5) is 0 Å². The van der Waals surface area contributed by atoms with E-state index >= 15 is 0 Å². The van der Waals surface area contributed by atoms with Crippen molar-refractivity contribution in [3.8, 4) is 0 Å². The van der Waals surface area contributed by atoms with Gasteiger partial charge in [0.05, 0.1) is 0 Å². The summed E-state index contributed by atoms with van der Waals surface area (Å²) in [5.41, 5.74) is 1.27. The maximum atomic E-state index is 5.52. The van der Waals surface area contributed by atoms with Gasteiger partial charge in [-0.05, 0) is 19.3 Å². The van der Waals surface area contributed by atoms with Crippen LogP contribution in [0.2, 0.25) is 0 Å². The van der Waals surface area contributed by atoms with Gasteiger partial charge in [-0.3, -0.25) is 0 Å². The molecule has 1 saturated heterocycles. The number of ether oxygens (including phenoxy) is 2. The molecule has 2 nitrogen and oxygen atoms in total. The molecule has 2 atom stereocenters. The molecule has 0 aliphatic carbocycles. The average molecular weight is 312 g/mol. The molecule has 0 N–H and O–H groups in total. The molecule has 1 aliphatic rings. The van der Waals surface area contributed by atoms with E-state index in [0.717, 1.165) is 19.6 Å². The molecule has 16 heavy (non-hydrogen) atoms. The second kappa shape index (κ2) is 7.09. The molecular weight excluding hydrogens is 295 g/mol. The third-order valence-corrected chi connectivity index (χ3v) is 2.57. The molecule has 1 aromatic carbocycles. The first-order valence-corrected chi connectivity index (χ1v) is 5.51. The second-order valence-electron chi connectivity index (χ2n) is 3.79. The van der Waals surface area contributed by atoms with Gasteiger partial charge in [-0.1, -0.05) is 6.07 Å². The molecule has 2 rings (SSSR count). The van der Waals surface area contributed by atoms with Crippen LogP contribution in [-0.2, 0) is 29.9 Å². The molecule has 0 aromatic heterocycles. The van der Waals surface area contributed by atoms with Gasteiger partial charge >= 0.3 is 0 Å². The minimum absolute atomic E-state index is 0. The van der Waals surface area contributed by atoms with Gasteiger partial charge < -0.3 is 9.47 Å². The molecule has 1 heterocycles. The summed E-state index contributed by atoms with van der Waals surface area (Å²) in [6.45, 7) is 3.50. The van der Waals surface area contributed by atoms with Crippen molar-refractivity contribution in [3.05, 3.63) is 42.3 Å². The summed E-state index contributed by atoms with van der Waals surface area (Å²) in [4.78, 5) is 0. The summed E-state index contributed by atoms with van der Waals surface area (Å²) in [7, 11) is 0. The predicted molar refractivity (Wildman–Crippen MR) is 59.3 cm³/mol. The van der Waals surface area contributed by atoms with E-state index in [1.807, 2.05) is 13.0 Å². The van der Waals surface area contributed by atoms with E-state index in [0.29, 0.717) is 5.92 Å². The number of benzene rings is 1. The Morgan fingerprint density at radius 2 is 2.12 bits per heavy atom. The molecule has 3 heteroatoms. The van der Waals surface area contributed by atoms with Crippen molar-refractivity contribution in [2.45, 2.75) is 19.6 Å². The number of hydrogen-bond acceptors (Lipinski definition) is 2. The SMILES string of the molecule is CCOC1CC([CH-]c2ccccc2)CO1.[Pd]. The molecular formula is C13H17O2Pd-. The third kappa shape index (κ3) is 3.92. The molecule has 1 aliphatic heterocycles. The van der Waals surface area contributed by atoms with Crippen molar-refractivity contribution < 1.29 is 29.9 Å². The molecule has 0 bridgehead atoms. The topological polar surface area (TPSA) is 18.5 Å². The summed E-state index contributed by atoms with van der Waals surface area (Å²) in [6, 6.07) is 10.4. The first-order valence-electron chi connectivity index (χ1n) is 5.51. The molecule has 2 unspecified atom stereocenters. The Kier molecular flexibility index (Phi) is 6.08. The fraction of sp³-hybridized carbons (Fsp3) is 0.462. The largest absolute Gasteiger partial charge is 0.353 e. The summed E-state index contributed by atoms with van der Waals surface area (Å²) >= 11 is 0. The maximum Gasteiger partial charge on any atom is 0.157 e. The molecule has 1 aromatic rings. The van der Waals surface area contributed by atoms with E-state index in [-0.39, 0.29) is 26.7 Å². The van der Waals surface area contributed by atoms with Crippen LogP contribution in [0.25, 0.3) is 0 Å². The van der Waals surface area contributed by atoms with E-state index in [1.165, 1.54) is 5.56 Å². The predicted octanol–water partition coefficient (Wildman–Crippen LogP) is 2.64. The number of rotatable bonds is 4. The molecule has 0 radical (unpaired) electrons. The van der Waals surface area contributed by atoms with Crippen LogP contribution in [-0.4, -0.2) is 19.5 Å². The van der Waals surface area contributed by atoms with Crippen LogP contribution in [0.1, 0.15) is 18.9 Å². The zero-order valence-corrected chi connectivity index (χ0v) is 10.9. The van der Waals surface area contributed by atoms with Crippen molar-refractivity contribution in [1.29, 1.82) is 0 Å². The summed E-state index contributed by atoms with van der Waals surface area (Å²) < 4.78 is 11.0. The van der Waals surface area contributed by atoms with Crippen molar-refractivity contribution in [2.24, 2.45) is 5.92 Å². The minimum Gasteiger partial charge on any atom is -0.353 e. The zero-order chi connectivity index (χ0) is 10.5. The van der Waals surface area contributed by atoms with Crippen molar-refractivity contribution >= 4 is 0 Å². The Balaban J connectivity index is 0.00000128. The van der Waals surface area contributed by atoms with Gasteiger partial charge in [0.1, 0.15) is 0 Å². The Hall–Kier alpha value is -0.328. The van der Waals surface area contributed by atoms with Crippen LogP contribution in [0.3, 0.4) is 0 Å². The fourth-order valence-corrected chi connectivity index (χ4v) is 1.87. The molecule has 0 spiro atoms. The van der Waals surface area contributed by atoms with Gasteiger partial charge in [0, 0.05) is 33.6 Å². The Labute approximate surface area is 111 Å². The smallest absolute Gasteiger partial charge is 0.157 e. The molecule has 0 saturated carbocycles. The summed E-state index contributed by atoms with van der Waals surface area (Å²) in [5.74, 6) is 0.490.